The van der Waals surface area contributed by atoms with Crippen LogP contribution in [0.3, 0.4) is 0 Å². The molecule has 0 bridgehead atoms. The summed E-state index contributed by atoms with van der Waals surface area (Å²) in [4.78, 5) is 0. The first kappa shape index (κ1) is 14.0. The predicted molar refractivity (Wildman–Crippen MR) is 97.5 cm³/mol. The molecule has 1 aliphatic rings. The highest BCUT2D eigenvalue weighted by atomic mass is 14.4. The Morgan fingerprint density at radius 2 is 1.17 bits per heavy atom. The average molecular weight is 296 g/mol. The molecule has 0 atom stereocenters. The first-order valence-electron chi connectivity index (χ1n) is 8.18. The predicted octanol–water partition coefficient (Wildman–Crippen LogP) is 5.63. The zero-order valence-electron chi connectivity index (χ0n) is 13.4. The van der Waals surface area contributed by atoms with Crippen molar-refractivity contribution in [2.24, 2.45) is 0 Å². The van der Waals surface area contributed by atoms with E-state index in [2.05, 4.69) is 97.9 Å². The Balaban J connectivity index is 1.89. The molecule has 0 fully saturated rings. The molecule has 0 saturated carbocycles. The average Bonchev–Trinajstić information content (AvgIpc) is 3.07. The molecule has 0 unspecified atom stereocenters. The van der Waals surface area contributed by atoms with Crippen molar-refractivity contribution in [3.05, 3.63) is 113 Å². The Hall–Kier alpha value is -2.60. The number of fused-ring (bicyclic) bond motifs is 1. The number of hydrogen-bond acceptors (Lipinski definition) is 0. The van der Waals surface area contributed by atoms with E-state index in [1.807, 2.05) is 0 Å². The van der Waals surface area contributed by atoms with Crippen LogP contribution in [0.1, 0.15) is 29.2 Å². The summed E-state index contributed by atoms with van der Waals surface area (Å²) in [7, 11) is 0. The van der Waals surface area contributed by atoms with E-state index in [4.69, 9.17) is 0 Å². The highest BCUT2D eigenvalue weighted by Gasteiger charge is 2.35. The van der Waals surface area contributed by atoms with Gasteiger partial charge in [-0.1, -0.05) is 96.6 Å². The van der Waals surface area contributed by atoms with Crippen molar-refractivity contribution in [2.45, 2.75) is 18.8 Å². The van der Waals surface area contributed by atoms with Crippen LogP contribution in [-0.4, -0.2) is 0 Å². The summed E-state index contributed by atoms with van der Waals surface area (Å²) in [5.41, 5.74) is 6.87. The third kappa shape index (κ3) is 2.31. The highest BCUT2D eigenvalue weighted by molar-refractivity contribution is 5.69. The third-order valence-electron chi connectivity index (χ3n) is 5.11. The van der Waals surface area contributed by atoms with Gasteiger partial charge in [0.05, 0.1) is 0 Å². The van der Waals surface area contributed by atoms with Gasteiger partial charge in [-0.3, -0.25) is 0 Å². The largest absolute Gasteiger partial charge is 0.0622 e. The van der Waals surface area contributed by atoms with Gasteiger partial charge in [0.1, 0.15) is 0 Å². The molecule has 0 heterocycles. The molecule has 0 amide bonds. The minimum Gasteiger partial charge on any atom is -0.0622 e. The maximum Gasteiger partial charge on any atom is 0.0389 e. The van der Waals surface area contributed by atoms with Gasteiger partial charge < -0.3 is 0 Å². The van der Waals surface area contributed by atoms with E-state index in [0.717, 1.165) is 6.42 Å². The van der Waals surface area contributed by atoms with Crippen molar-refractivity contribution in [1.29, 1.82) is 0 Å². The third-order valence-corrected chi connectivity index (χ3v) is 5.11. The van der Waals surface area contributed by atoms with E-state index in [1.165, 1.54) is 27.8 Å². The van der Waals surface area contributed by atoms with Gasteiger partial charge in [0.2, 0.25) is 0 Å². The van der Waals surface area contributed by atoms with E-state index >= 15 is 0 Å². The van der Waals surface area contributed by atoms with Crippen LogP contribution in [0.25, 0.3) is 6.08 Å². The quantitative estimate of drug-likeness (QED) is 0.587. The van der Waals surface area contributed by atoms with Crippen LogP contribution < -0.4 is 0 Å². The van der Waals surface area contributed by atoms with Crippen molar-refractivity contribution in [1.82, 2.24) is 0 Å². The van der Waals surface area contributed by atoms with Crippen LogP contribution in [0.5, 0.6) is 0 Å². The minimum absolute atomic E-state index is 0.0957. The van der Waals surface area contributed by atoms with Crippen molar-refractivity contribution < 1.29 is 0 Å². The molecular formula is C23H20. The van der Waals surface area contributed by atoms with Crippen LogP contribution in [-0.2, 0) is 11.8 Å². The summed E-state index contributed by atoms with van der Waals surface area (Å²) in [5, 5.41) is 0. The molecule has 0 radical (unpaired) electrons. The second kappa shape index (κ2) is 5.55. The molecule has 0 nitrogen and oxygen atoms in total. The first-order valence-corrected chi connectivity index (χ1v) is 8.18. The zero-order chi connectivity index (χ0) is 15.7. The molecule has 112 valence electrons. The van der Waals surface area contributed by atoms with E-state index in [0.29, 0.717) is 0 Å². The summed E-state index contributed by atoms with van der Waals surface area (Å²) >= 11 is 0. The number of rotatable bonds is 3. The maximum atomic E-state index is 2.38. The fourth-order valence-corrected chi connectivity index (χ4v) is 3.68. The molecule has 0 saturated heterocycles. The summed E-state index contributed by atoms with van der Waals surface area (Å²) < 4.78 is 0. The minimum atomic E-state index is -0.0957. The van der Waals surface area contributed by atoms with Crippen molar-refractivity contribution in [3.63, 3.8) is 0 Å². The zero-order valence-corrected chi connectivity index (χ0v) is 13.4. The summed E-state index contributed by atoms with van der Waals surface area (Å²) in [6.45, 7) is 2.36. The summed E-state index contributed by atoms with van der Waals surface area (Å²) in [6.07, 6.45) is 3.41. The van der Waals surface area contributed by atoms with Gasteiger partial charge in [0.15, 0.2) is 0 Å². The summed E-state index contributed by atoms with van der Waals surface area (Å²) in [6, 6.07) is 30.4. The molecule has 0 N–H and O–H groups in total. The monoisotopic (exact) mass is 296 g/mol. The molecule has 4 rings (SSSR count). The van der Waals surface area contributed by atoms with Crippen LogP contribution in [0, 0.1) is 0 Å². The molecule has 3 aromatic rings. The van der Waals surface area contributed by atoms with Crippen molar-refractivity contribution in [3.8, 4) is 0 Å². The lowest BCUT2D eigenvalue weighted by molar-refractivity contribution is 0.664. The lowest BCUT2D eigenvalue weighted by Crippen LogP contribution is -2.26. The SMILES string of the molecule is CC(C1=Cc2ccccc2C1)(c1ccccc1)c1ccccc1. The van der Waals surface area contributed by atoms with Crippen LogP contribution in [0.2, 0.25) is 0 Å². The fraction of sp³-hybridized carbons (Fsp3) is 0.130. The van der Waals surface area contributed by atoms with E-state index < -0.39 is 0 Å². The van der Waals surface area contributed by atoms with Gasteiger partial charge in [-0.25, -0.2) is 0 Å². The maximum absolute atomic E-state index is 2.38. The first-order chi connectivity index (χ1) is 11.3. The molecule has 0 aromatic heterocycles. The van der Waals surface area contributed by atoms with E-state index in [-0.39, 0.29) is 5.41 Å². The van der Waals surface area contributed by atoms with Gasteiger partial charge in [-0.2, -0.15) is 0 Å². The van der Waals surface area contributed by atoms with Gasteiger partial charge >= 0.3 is 0 Å². The van der Waals surface area contributed by atoms with Crippen molar-refractivity contribution in [2.75, 3.05) is 0 Å². The Bertz CT molecular complexity index is 802. The normalized spacial score (nSPS) is 13.5. The lowest BCUT2D eigenvalue weighted by atomic mass is 9.70. The molecule has 23 heavy (non-hydrogen) atoms. The molecular weight excluding hydrogens is 276 g/mol. The number of hydrogen-bond donors (Lipinski definition) is 0. The molecule has 0 heteroatoms. The van der Waals surface area contributed by atoms with Gasteiger partial charge in [-0.15, -0.1) is 0 Å². The standard InChI is InChI=1S/C23H20/c1-23(20-12-4-2-5-13-20,21-14-6-3-7-15-21)22-16-18-10-8-9-11-19(18)17-22/h2-16H,17H2,1H3. The second-order valence-electron chi connectivity index (χ2n) is 6.40. The van der Waals surface area contributed by atoms with Gasteiger partial charge in [0, 0.05) is 5.41 Å². The lowest BCUT2D eigenvalue weighted by Gasteiger charge is -2.33. The Kier molecular flexibility index (Phi) is 3.38. The van der Waals surface area contributed by atoms with Crippen LogP contribution >= 0.6 is 0 Å². The smallest absolute Gasteiger partial charge is 0.0389 e. The molecule has 1 aliphatic carbocycles. The number of benzene rings is 3. The Morgan fingerprint density at radius 3 is 1.74 bits per heavy atom. The number of allylic oxidation sites excluding steroid dienone is 1. The van der Waals surface area contributed by atoms with Gasteiger partial charge in [0.25, 0.3) is 0 Å². The highest BCUT2D eigenvalue weighted by Crippen LogP contribution is 2.44. The fourth-order valence-electron chi connectivity index (χ4n) is 3.68. The van der Waals surface area contributed by atoms with Gasteiger partial charge in [-0.05, 0) is 35.6 Å². The Labute approximate surface area is 138 Å². The van der Waals surface area contributed by atoms with E-state index in [1.54, 1.807) is 0 Å². The van der Waals surface area contributed by atoms with Crippen LogP contribution in [0.4, 0.5) is 0 Å². The topological polar surface area (TPSA) is 0 Å². The van der Waals surface area contributed by atoms with Crippen LogP contribution in [0.15, 0.2) is 90.5 Å². The molecule has 0 spiro atoms. The van der Waals surface area contributed by atoms with Crippen molar-refractivity contribution >= 4 is 6.08 Å². The Morgan fingerprint density at radius 1 is 0.652 bits per heavy atom. The molecule has 3 aromatic carbocycles. The second-order valence-corrected chi connectivity index (χ2v) is 6.40. The van der Waals surface area contributed by atoms with E-state index in [9.17, 15) is 0 Å². The molecule has 0 aliphatic heterocycles. The summed E-state index contributed by atoms with van der Waals surface area (Å²) in [5.74, 6) is 0.